The van der Waals surface area contributed by atoms with Crippen LogP contribution in [0.3, 0.4) is 0 Å². The Kier molecular flexibility index (Phi) is 5.45. The van der Waals surface area contributed by atoms with Gasteiger partial charge < -0.3 is 19.3 Å². The van der Waals surface area contributed by atoms with Crippen molar-refractivity contribution in [1.82, 2.24) is 4.90 Å². The first-order chi connectivity index (χ1) is 13.8. The van der Waals surface area contributed by atoms with Crippen molar-refractivity contribution in [2.45, 2.75) is 53.6 Å². The van der Waals surface area contributed by atoms with Gasteiger partial charge in [0.2, 0.25) is 0 Å². The molecule has 4 rings (SSSR count). The zero-order valence-electron chi connectivity index (χ0n) is 15.8. The number of ether oxygens (including phenoxy) is 3. The van der Waals surface area contributed by atoms with Crippen LogP contribution in [0.4, 0.5) is 4.79 Å². The molecule has 1 N–H and O–H groups in total. The van der Waals surface area contributed by atoms with Gasteiger partial charge in [-0.3, -0.25) is 9.69 Å². The molecule has 2 saturated heterocycles. The summed E-state index contributed by atoms with van der Waals surface area (Å²) in [5.74, 6) is -1.46. The lowest BCUT2D eigenvalue weighted by Crippen LogP contribution is -2.60. The zero-order valence-corrected chi connectivity index (χ0v) is 18.0. The molecule has 1 aromatic carbocycles. The highest BCUT2D eigenvalue weighted by Crippen LogP contribution is 2.52. The first-order valence-electron chi connectivity index (χ1n) is 9.48. The number of likely N-dealkylation sites (tertiary alicyclic amines) is 1. The zero-order chi connectivity index (χ0) is 20.8. The van der Waals surface area contributed by atoms with Crippen molar-refractivity contribution in [3.63, 3.8) is 0 Å². The van der Waals surface area contributed by atoms with Crippen LogP contribution in [-0.4, -0.2) is 62.9 Å². The van der Waals surface area contributed by atoms with Crippen LogP contribution in [0.5, 0.6) is 0 Å². The number of nitrogens with zero attached hydrogens (tertiary/aromatic N) is 1. The van der Waals surface area contributed by atoms with E-state index in [4.69, 9.17) is 14.2 Å². The average Bonchev–Trinajstić information content (AvgIpc) is 3.26. The summed E-state index contributed by atoms with van der Waals surface area (Å²) in [6.07, 6.45) is -0.663. The van der Waals surface area contributed by atoms with Gasteiger partial charge in [0.05, 0.1) is 29.1 Å². The normalized spacial score (nSPS) is 35.5. The second-order valence-corrected chi connectivity index (χ2v) is 9.31. The summed E-state index contributed by atoms with van der Waals surface area (Å²) < 4.78 is 15.7. The quantitative estimate of drug-likeness (QED) is 0.284. The number of hydrogen-bond donors (Lipinski definition) is 1. The van der Waals surface area contributed by atoms with Crippen molar-refractivity contribution < 1.29 is 33.7 Å². The lowest BCUT2D eigenvalue weighted by atomic mass is 9.70. The van der Waals surface area contributed by atoms with Crippen LogP contribution in [0.1, 0.15) is 24.8 Å². The van der Waals surface area contributed by atoms with Crippen LogP contribution in [0.15, 0.2) is 30.3 Å². The molecule has 8 nitrogen and oxygen atoms in total. The van der Waals surface area contributed by atoms with E-state index >= 15 is 0 Å². The Hall–Kier alpha value is -1.88. The van der Waals surface area contributed by atoms with Crippen molar-refractivity contribution in [2.24, 2.45) is 5.92 Å². The van der Waals surface area contributed by atoms with Crippen molar-refractivity contribution in [2.75, 3.05) is 7.11 Å². The van der Waals surface area contributed by atoms with Crippen LogP contribution >= 0.6 is 22.6 Å². The fraction of sp³-hybridized carbons (Fsp3) is 0.550. The van der Waals surface area contributed by atoms with Crippen molar-refractivity contribution in [1.29, 1.82) is 0 Å². The Morgan fingerprint density at radius 1 is 1.34 bits per heavy atom. The molecule has 2 heterocycles. The van der Waals surface area contributed by atoms with Gasteiger partial charge in [0.15, 0.2) is 0 Å². The van der Waals surface area contributed by atoms with E-state index in [0.717, 1.165) is 5.56 Å². The van der Waals surface area contributed by atoms with Crippen LogP contribution in [0, 0.1) is 5.92 Å². The van der Waals surface area contributed by atoms with Crippen LogP contribution in [0.25, 0.3) is 0 Å². The van der Waals surface area contributed by atoms with Crippen molar-refractivity contribution in [3.05, 3.63) is 35.9 Å². The summed E-state index contributed by atoms with van der Waals surface area (Å²) in [6.45, 7) is 0.0521. The predicted octanol–water partition coefficient (Wildman–Crippen LogP) is 1.81. The number of rotatable bonds is 3. The summed E-state index contributed by atoms with van der Waals surface area (Å²) in [5, 5.41) is 11.5. The topological polar surface area (TPSA) is 102 Å². The highest BCUT2D eigenvalue weighted by Gasteiger charge is 2.67. The maximum absolute atomic E-state index is 13.0. The standard InChI is InChI=1S/C20H22INO7/c1-27-18(24)14-9-20(26)12-7-16(23)29-17(12)13(21)8-15(20)22(14)19(25)28-10-11-5-3-2-4-6-11/h2-6,12-15,17,26H,7-10H2,1H3/t12-,13+,14+,15?,17+,20-/m1/s1. The van der Waals surface area contributed by atoms with Crippen molar-refractivity contribution in [3.8, 4) is 0 Å². The molecule has 0 bridgehead atoms. The van der Waals surface area contributed by atoms with Gasteiger partial charge in [-0.1, -0.05) is 52.9 Å². The van der Waals surface area contributed by atoms with E-state index in [1.54, 1.807) is 0 Å². The third-order valence-corrected chi connectivity index (χ3v) is 7.37. The Bertz CT molecular complexity index is 818. The molecule has 0 radical (unpaired) electrons. The molecule has 3 fully saturated rings. The van der Waals surface area contributed by atoms with Gasteiger partial charge in [0.1, 0.15) is 18.8 Å². The largest absolute Gasteiger partial charge is 0.467 e. The first kappa shape index (κ1) is 20.4. The number of carbonyl (C=O) groups is 3. The van der Waals surface area contributed by atoms with E-state index in [-0.39, 0.29) is 29.3 Å². The molecule has 6 atom stereocenters. The van der Waals surface area contributed by atoms with Gasteiger partial charge in [-0.05, 0) is 12.0 Å². The van der Waals surface area contributed by atoms with Gasteiger partial charge in [0.25, 0.3) is 0 Å². The van der Waals surface area contributed by atoms with E-state index in [0.29, 0.717) is 6.42 Å². The van der Waals surface area contributed by atoms with E-state index in [2.05, 4.69) is 22.6 Å². The monoisotopic (exact) mass is 515 g/mol. The fourth-order valence-corrected chi connectivity index (χ4v) is 5.94. The minimum atomic E-state index is -1.41. The second kappa shape index (κ2) is 7.75. The number of carbonyl (C=O) groups excluding carboxylic acids is 3. The number of fused-ring (bicyclic) bond motifs is 3. The Labute approximate surface area is 181 Å². The second-order valence-electron chi connectivity index (χ2n) is 7.71. The van der Waals surface area contributed by atoms with E-state index in [1.165, 1.54) is 12.0 Å². The van der Waals surface area contributed by atoms with Gasteiger partial charge in [-0.2, -0.15) is 0 Å². The number of esters is 2. The Morgan fingerprint density at radius 2 is 2.07 bits per heavy atom. The molecule has 2 aliphatic heterocycles. The van der Waals surface area contributed by atoms with Gasteiger partial charge in [-0.15, -0.1) is 0 Å². The number of amides is 1. The molecule has 3 aliphatic rings. The molecule has 0 aromatic heterocycles. The third kappa shape index (κ3) is 3.48. The molecular weight excluding hydrogens is 493 g/mol. The first-order valence-corrected chi connectivity index (χ1v) is 10.7. The molecule has 1 saturated carbocycles. The molecule has 156 valence electrons. The Morgan fingerprint density at radius 3 is 2.76 bits per heavy atom. The molecule has 1 amide bonds. The third-order valence-electron chi connectivity index (χ3n) is 6.16. The molecule has 0 spiro atoms. The summed E-state index contributed by atoms with van der Waals surface area (Å²) in [4.78, 5) is 38.6. The summed E-state index contributed by atoms with van der Waals surface area (Å²) in [7, 11) is 1.24. The fourth-order valence-electron chi connectivity index (χ4n) is 4.81. The van der Waals surface area contributed by atoms with Crippen LogP contribution < -0.4 is 0 Å². The van der Waals surface area contributed by atoms with Crippen LogP contribution in [0.2, 0.25) is 0 Å². The predicted molar refractivity (Wildman–Crippen MR) is 108 cm³/mol. The maximum atomic E-state index is 13.0. The summed E-state index contributed by atoms with van der Waals surface area (Å²) >= 11 is 2.18. The highest BCUT2D eigenvalue weighted by atomic mass is 127. The molecule has 1 aromatic rings. The van der Waals surface area contributed by atoms with Gasteiger partial charge in [-0.25, -0.2) is 9.59 Å². The lowest BCUT2D eigenvalue weighted by Gasteiger charge is -2.45. The van der Waals surface area contributed by atoms with E-state index in [1.807, 2.05) is 30.3 Å². The summed E-state index contributed by atoms with van der Waals surface area (Å²) in [5.41, 5.74) is -0.599. The van der Waals surface area contributed by atoms with E-state index in [9.17, 15) is 19.5 Å². The maximum Gasteiger partial charge on any atom is 0.411 e. The number of benzene rings is 1. The minimum Gasteiger partial charge on any atom is -0.467 e. The molecular formula is C20H22INO7. The van der Waals surface area contributed by atoms with Crippen molar-refractivity contribution >= 4 is 40.6 Å². The van der Waals surface area contributed by atoms with E-state index < -0.39 is 41.8 Å². The number of hydrogen-bond acceptors (Lipinski definition) is 7. The van der Waals surface area contributed by atoms with Gasteiger partial charge >= 0.3 is 18.0 Å². The number of alkyl halides is 1. The molecule has 1 unspecified atom stereocenters. The lowest BCUT2D eigenvalue weighted by molar-refractivity contribution is -0.146. The van der Waals surface area contributed by atoms with Gasteiger partial charge in [0, 0.05) is 12.3 Å². The summed E-state index contributed by atoms with van der Waals surface area (Å²) in [6, 6.07) is 7.58. The number of methoxy groups -OCH3 is 1. The number of halogens is 1. The minimum absolute atomic E-state index is 0.00799. The Balaban J connectivity index is 1.61. The number of aliphatic hydroxyl groups is 1. The van der Waals surface area contributed by atoms with Crippen LogP contribution in [-0.2, 0) is 30.4 Å². The highest BCUT2D eigenvalue weighted by molar-refractivity contribution is 14.1. The smallest absolute Gasteiger partial charge is 0.411 e. The SMILES string of the molecule is COC(=O)[C@@H]1C[C@]2(O)C(C[C@H](I)[C@H]3OC(=O)C[C@H]32)N1C(=O)OCc1ccccc1. The molecule has 9 heteroatoms. The average molecular weight is 515 g/mol. The molecule has 1 aliphatic carbocycles. The molecule has 29 heavy (non-hydrogen) atoms.